The summed E-state index contributed by atoms with van der Waals surface area (Å²) < 4.78 is 0.494. The molecule has 2 heterocycles. The van der Waals surface area contributed by atoms with Crippen LogP contribution in [0.25, 0.3) is 0 Å². The number of likely N-dealkylation sites (tertiary alicyclic amines) is 1. The topological polar surface area (TPSA) is 49.4 Å². The van der Waals surface area contributed by atoms with Crippen molar-refractivity contribution in [3.8, 4) is 0 Å². The predicted molar refractivity (Wildman–Crippen MR) is 105 cm³/mol. The zero-order valence-corrected chi connectivity index (χ0v) is 15.9. The largest absolute Gasteiger partial charge is 0.342 e. The molecule has 0 radical (unpaired) electrons. The van der Waals surface area contributed by atoms with Gasteiger partial charge in [-0.1, -0.05) is 12.1 Å². The van der Waals surface area contributed by atoms with Gasteiger partial charge in [0.15, 0.2) is 0 Å². The molecule has 0 aromatic heterocycles. The van der Waals surface area contributed by atoms with Crippen LogP contribution in [0.15, 0.2) is 24.3 Å². The van der Waals surface area contributed by atoms with Gasteiger partial charge in [-0.2, -0.15) is 0 Å². The minimum absolute atomic E-state index is 0.0159. The molecular formula is C19H24N2O2S2. The van der Waals surface area contributed by atoms with Crippen molar-refractivity contribution in [1.82, 2.24) is 4.90 Å². The molecule has 1 aromatic carbocycles. The number of carbonyl (C=O) groups is 2. The second kappa shape index (κ2) is 7.62. The number of rotatable bonds is 4. The summed E-state index contributed by atoms with van der Waals surface area (Å²) in [5, 5.41) is 3.09. The van der Waals surface area contributed by atoms with E-state index in [9.17, 15) is 9.59 Å². The Morgan fingerprint density at radius 3 is 2.40 bits per heavy atom. The molecule has 1 saturated carbocycles. The van der Waals surface area contributed by atoms with Gasteiger partial charge < -0.3 is 10.2 Å². The van der Waals surface area contributed by atoms with Crippen molar-refractivity contribution in [1.29, 1.82) is 0 Å². The minimum atomic E-state index is 0.0159. The molecule has 6 heteroatoms. The molecule has 134 valence electrons. The first-order valence-electron chi connectivity index (χ1n) is 9.13. The lowest BCUT2D eigenvalue weighted by Gasteiger charge is -2.31. The van der Waals surface area contributed by atoms with E-state index in [-0.39, 0.29) is 17.7 Å². The molecule has 3 fully saturated rings. The highest BCUT2D eigenvalue weighted by Gasteiger charge is 2.36. The van der Waals surface area contributed by atoms with Crippen LogP contribution in [-0.2, 0) is 9.59 Å². The lowest BCUT2D eigenvalue weighted by atomic mass is 9.95. The highest BCUT2D eigenvalue weighted by molar-refractivity contribution is 8.19. The molecular weight excluding hydrogens is 352 g/mol. The fourth-order valence-corrected chi connectivity index (χ4v) is 6.35. The lowest BCUT2D eigenvalue weighted by molar-refractivity contribution is -0.135. The molecule has 2 saturated heterocycles. The molecule has 0 spiro atoms. The molecule has 1 aliphatic carbocycles. The van der Waals surface area contributed by atoms with Gasteiger partial charge in [-0.15, -0.1) is 23.5 Å². The van der Waals surface area contributed by atoms with Crippen LogP contribution in [-0.4, -0.2) is 41.3 Å². The quantitative estimate of drug-likeness (QED) is 0.869. The number of amides is 2. The van der Waals surface area contributed by atoms with Crippen LogP contribution < -0.4 is 5.32 Å². The van der Waals surface area contributed by atoms with Crippen LogP contribution in [0.1, 0.15) is 35.8 Å². The fourth-order valence-electron chi connectivity index (χ4n) is 3.51. The van der Waals surface area contributed by atoms with Crippen molar-refractivity contribution in [3.63, 3.8) is 0 Å². The van der Waals surface area contributed by atoms with Crippen molar-refractivity contribution in [3.05, 3.63) is 29.8 Å². The Kier molecular flexibility index (Phi) is 5.27. The average molecular weight is 377 g/mol. The molecule has 4 rings (SSSR count). The normalized spacial score (nSPS) is 22.2. The van der Waals surface area contributed by atoms with E-state index >= 15 is 0 Å². The van der Waals surface area contributed by atoms with Crippen molar-refractivity contribution in [2.75, 3.05) is 29.9 Å². The zero-order valence-electron chi connectivity index (χ0n) is 14.3. The van der Waals surface area contributed by atoms with E-state index in [1.165, 1.54) is 17.1 Å². The third-order valence-corrected chi connectivity index (χ3v) is 8.26. The van der Waals surface area contributed by atoms with E-state index in [1.54, 1.807) is 0 Å². The fraction of sp³-hybridized carbons (Fsp3) is 0.579. The monoisotopic (exact) mass is 376 g/mol. The Morgan fingerprint density at radius 2 is 1.72 bits per heavy atom. The van der Waals surface area contributed by atoms with Gasteiger partial charge in [0.05, 0.1) is 4.58 Å². The van der Waals surface area contributed by atoms with Gasteiger partial charge in [-0.05, 0) is 43.4 Å². The maximum atomic E-state index is 12.6. The van der Waals surface area contributed by atoms with Crippen molar-refractivity contribution in [2.45, 2.75) is 30.3 Å². The molecule has 3 aliphatic rings. The molecule has 1 aromatic rings. The van der Waals surface area contributed by atoms with Crippen molar-refractivity contribution >= 4 is 41.0 Å². The molecule has 2 amide bonds. The Hall–Kier alpha value is -1.14. The van der Waals surface area contributed by atoms with Gasteiger partial charge in [-0.3, -0.25) is 9.59 Å². The summed E-state index contributed by atoms with van der Waals surface area (Å²) in [6, 6.07) is 8.26. The summed E-state index contributed by atoms with van der Waals surface area (Å²) in [6.45, 7) is 1.45. The van der Waals surface area contributed by atoms with E-state index in [2.05, 4.69) is 17.4 Å². The molecule has 0 bridgehead atoms. The first kappa shape index (κ1) is 17.3. The minimum Gasteiger partial charge on any atom is -0.342 e. The van der Waals surface area contributed by atoms with E-state index in [0.717, 1.165) is 44.5 Å². The van der Waals surface area contributed by atoms with Gasteiger partial charge in [-0.25, -0.2) is 0 Å². The number of thioether (sulfide) groups is 2. The van der Waals surface area contributed by atoms with Gasteiger partial charge in [0.1, 0.15) is 0 Å². The van der Waals surface area contributed by atoms with Gasteiger partial charge in [0.2, 0.25) is 11.8 Å². The first-order chi connectivity index (χ1) is 12.2. The number of hydrogen-bond donors (Lipinski definition) is 1. The molecule has 0 atom stereocenters. The summed E-state index contributed by atoms with van der Waals surface area (Å²) in [7, 11) is 0. The van der Waals surface area contributed by atoms with Crippen LogP contribution in [0.4, 0.5) is 5.69 Å². The van der Waals surface area contributed by atoms with Gasteiger partial charge in [0, 0.05) is 42.1 Å². The SMILES string of the molecule is O=C(Nc1cccc(C2SCCS2)c1)C1CCN(C(=O)C2CC2)CC1. The highest BCUT2D eigenvalue weighted by atomic mass is 32.2. The van der Waals surface area contributed by atoms with E-state index in [0.29, 0.717) is 10.5 Å². The van der Waals surface area contributed by atoms with Crippen LogP contribution in [0.2, 0.25) is 0 Å². The van der Waals surface area contributed by atoms with E-state index in [1.807, 2.05) is 40.6 Å². The number of nitrogens with zero attached hydrogens (tertiary/aromatic N) is 1. The molecule has 4 nitrogen and oxygen atoms in total. The second-order valence-corrected chi connectivity index (χ2v) is 9.79. The average Bonchev–Trinajstić information content (AvgIpc) is 3.35. The number of piperidine rings is 1. The second-order valence-electron chi connectivity index (χ2n) is 7.06. The standard InChI is InChI=1S/C19H24N2O2S2/c22-17(13-6-8-21(9-7-13)18(23)14-4-5-14)20-16-3-1-2-15(12-16)19-24-10-11-25-19/h1-3,12-14,19H,4-11H2,(H,20,22). The molecule has 2 aliphatic heterocycles. The van der Waals surface area contributed by atoms with Crippen LogP contribution in [0, 0.1) is 11.8 Å². The number of nitrogens with one attached hydrogen (secondary N) is 1. The Labute approximate surface area is 157 Å². The van der Waals surface area contributed by atoms with Gasteiger partial charge >= 0.3 is 0 Å². The Morgan fingerprint density at radius 1 is 1.00 bits per heavy atom. The van der Waals surface area contributed by atoms with Gasteiger partial charge in [0.25, 0.3) is 0 Å². The first-order valence-corrected chi connectivity index (χ1v) is 11.2. The summed E-state index contributed by atoms with van der Waals surface area (Å²) in [5.74, 6) is 3.09. The number of anilines is 1. The third kappa shape index (κ3) is 4.17. The number of benzene rings is 1. The third-order valence-electron chi connectivity index (χ3n) is 5.15. The molecule has 0 unspecified atom stereocenters. The molecule has 25 heavy (non-hydrogen) atoms. The summed E-state index contributed by atoms with van der Waals surface area (Å²) in [6.07, 6.45) is 3.65. The summed E-state index contributed by atoms with van der Waals surface area (Å²) >= 11 is 3.95. The molecule has 1 N–H and O–H groups in total. The number of carbonyl (C=O) groups excluding carboxylic acids is 2. The van der Waals surface area contributed by atoms with E-state index < -0.39 is 0 Å². The highest BCUT2D eigenvalue weighted by Crippen LogP contribution is 2.45. The smallest absolute Gasteiger partial charge is 0.227 e. The maximum absolute atomic E-state index is 12.6. The van der Waals surface area contributed by atoms with Crippen LogP contribution in [0.3, 0.4) is 0 Å². The summed E-state index contributed by atoms with van der Waals surface area (Å²) in [5.41, 5.74) is 2.18. The Balaban J connectivity index is 1.31. The van der Waals surface area contributed by atoms with Crippen molar-refractivity contribution < 1.29 is 9.59 Å². The van der Waals surface area contributed by atoms with Crippen molar-refractivity contribution in [2.24, 2.45) is 11.8 Å². The van der Waals surface area contributed by atoms with Crippen LogP contribution in [0.5, 0.6) is 0 Å². The lowest BCUT2D eigenvalue weighted by Crippen LogP contribution is -2.42. The maximum Gasteiger partial charge on any atom is 0.227 e. The number of hydrogen-bond acceptors (Lipinski definition) is 4. The zero-order chi connectivity index (χ0) is 17.2. The van der Waals surface area contributed by atoms with E-state index in [4.69, 9.17) is 0 Å². The summed E-state index contributed by atoms with van der Waals surface area (Å²) in [4.78, 5) is 26.7. The van der Waals surface area contributed by atoms with Crippen LogP contribution >= 0.6 is 23.5 Å². The predicted octanol–water partition coefficient (Wildman–Crippen LogP) is 3.75. The Bertz CT molecular complexity index is 649.